The highest BCUT2D eigenvalue weighted by atomic mass is 16.5. The highest BCUT2D eigenvalue weighted by molar-refractivity contribution is 5.91. The van der Waals surface area contributed by atoms with Gasteiger partial charge in [-0.05, 0) is 50.8 Å². The summed E-state index contributed by atoms with van der Waals surface area (Å²) in [5.74, 6) is 1.20. The summed E-state index contributed by atoms with van der Waals surface area (Å²) in [5, 5.41) is 2.88. The van der Waals surface area contributed by atoms with Crippen LogP contribution in [0.15, 0.2) is 34.9 Å². The van der Waals surface area contributed by atoms with Crippen molar-refractivity contribution in [3.63, 3.8) is 0 Å². The molecular weight excluding hydrogens is 382 g/mol. The Hall–Kier alpha value is -2.38. The maximum absolute atomic E-state index is 12.4. The van der Waals surface area contributed by atoms with E-state index in [0.717, 1.165) is 38.2 Å². The molecule has 1 aliphatic heterocycles. The molecule has 2 atom stereocenters. The van der Waals surface area contributed by atoms with E-state index in [0.29, 0.717) is 37.3 Å². The minimum Gasteiger partial charge on any atom is -0.494 e. The number of nitrogens with one attached hydrogen (secondary N) is 1. The van der Waals surface area contributed by atoms with Gasteiger partial charge in [-0.25, -0.2) is 4.98 Å². The van der Waals surface area contributed by atoms with Crippen LogP contribution in [0.4, 0.5) is 0 Å². The average Bonchev–Trinajstić information content (AvgIpc) is 3.45. The number of nitrogens with zero attached hydrogens (tertiary/aromatic N) is 2. The minimum absolute atomic E-state index is 0.107. The molecule has 164 valence electrons. The van der Waals surface area contributed by atoms with Crippen molar-refractivity contribution in [3.8, 4) is 5.75 Å². The van der Waals surface area contributed by atoms with Gasteiger partial charge >= 0.3 is 0 Å². The molecular formula is C23H33N3O4. The summed E-state index contributed by atoms with van der Waals surface area (Å²) >= 11 is 0. The second-order valence-electron chi connectivity index (χ2n) is 7.71. The van der Waals surface area contributed by atoms with E-state index >= 15 is 0 Å². The second-order valence-corrected chi connectivity index (χ2v) is 7.71. The van der Waals surface area contributed by atoms with Gasteiger partial charge in [0.15, 0.2) is 5.69 Å². The van der Waals surface area contributed by atoms with Crippen LogP contribution < -0.4 is 10.1 Å². The van der Waals surface area contributed by atoms with E-state index in [2.05, 4.69) is 41.2 Å². The molecule has 2 heterocycles. The molecule has 0 saturated carbocycles. The Morgan fingerprint density at radius 3 is 2.77 bits per heavy atom. The SMILES string of the molecule is CCOc1ccc(CN(Cc2nc(C(=O)NC[C@H]3CCCO3)co2)[C@H](C)CC)cc1. The molecule has 7 heteroatoms. The smallest absolute Gasteiger partial charge is 0.273 e. The average molecular weight is 416 g/mol. The van der Waals surface area contributed by atoms with Crippen LogP contribution in [0.3, 0.4) is 0 Å². The van der Waals surface area contributed by atoms with E-state index in [-0.39, 0.29) is 12.0 Å². The van der Waals surface area contributed by atoms with Gasteiger partial charge in [-0.1, -0.05) is 19.1 Å². The van der Waals surface area contributed by atoms with Crippen LogP contribution in [0.2, 0.25) is 0 Å². The van der Waals surface area contributed by atoms with Gasteiger partial charge in [0.25, 0.3) is 5.91 Å². The molecule has 0 spiro atoms. The van der Waals surface area contributed by atoms with Crippen molar-refractivity contribution < 1.29 is 18.7 Å². The number of aromatic nitrogens is 1. The number of rotatable bonds is 11. The molecule has 1 saturated heterocycles. The number of oxazole rings is 1. The van der Waals surface area contributed by atoms with Gasteiger partial charge in [0, 0.05) is 25.7 Å². The minimum atomic E-state index is -0.220. The Labute approximate surface area is 178 Å². The maximum Gasteiger partial charge on any atom is 0.273 e. The lowest BCUT2D eigenvalue weighted by Crippen LogP contribution is -2.32. The summed E-state index contributed by atoms with van der Waals surface area (Å²) in [5.41, 5.74) is 1.51. The fourth-order valence-corrected chi connectivity index (χ4v) is 3.48. The first-order valence-electron chi connectivity index (χ1n) is 10.9. The summed E-state index contributed by atoms with van der Waals surface area (Å²) in [6, 6.07) is 8.50. The van der Waals surface area contributed by atoms with Crippen molar-refractivity contribution >= 4 is 5.91 Å². The van der Waals surface area contributed by atoms with Crippen molar-refractivity contribution in [2.24, 2.45) is 0 Å². The van der Waals surface area contributed by atoms with Crippen LogP contribution >= 0.6 is 0 Å². The van der Waals surface area contributed by atoms with Crippen LogP contribution in [0.25, 0.3) is 0 Å². The van der Waals surface area contributed by atoms with E-state index in [9.17, 15) is 4.79 Å². The summed E-state index contributed by atoms with van der Waals surface area (Å²) in [6.45, 7) is 9.58. The second kappa shape index (κ2) is 11.1. The first-order valence-corrected chi connectivity index (χ1v) is 10.9. The van der Waals surface area contributed by atoms with Crippen LogP contribution in [0.5, 0.6) is 5.75 Å². The molecule has 1 aliphatic rings. The Morgan fingerprint density at radius 1 is 1.30 bits per heavy atom. The van der Waals surface area contributed by atoms with Gasteiger partial charge in [-0.2, -0.15) is 0 Å². The Morgan fingerprint density at radius 2 is 2.10 bits per heavy atom. The fourth-order valence-electron chi connectivity index (χ4n) is 3.48. The zero-order valence-corrected chi connectivity index (χ0v) is 18.2. The van der Waals surface area contributed by atoms with Crippen molar-refractivity contribution in [3.05, 3.63) is 47.7 Å². The predicted octanol–water partition coefficient (Wildman–Crippen LogP) is 3.78. The van der Waals surface area contributed by atoms with E-state index in [1.165, 1.54) is 11.8 Å². The van der Waals surface area contributed by atoms with Gasteiger partial charge in [0.2, 0.25) is 5.89 Å². The third-order valence-corrected chi connectivity index (χ3v) is 5.47. The standard InChI is InChI=1S/C23H33N3O4/c1-4-17(3)26(14-18-8-10-19(11-9-18)28-5-2)15-22-25-21(16-30-22)23(27)24-13-20-7-6-12-29-20/h8-11,16-17,20H,4-7,12-15H2,1-3H3,(H,24,27)/t17-,20-/m1/s1. The predicted molar refractivity (Wildman–Crippen MR) is 114 cm³/mol. The molecule has 0 unspecified atom stereocenters. The molecule has 1 N–H and O–H groups in total. The topological polar surface area (TPSA) is 76.8 Å². The number of hydrogen-bond acceptors (Lipinski definition) is 6. The zero-order chi connectivity index (χ0) is 21.3. The molecule has 7 nitrogen and oxygen atoms in total. The molecule has 3 rings (SSSR count). The van der Waals surface area contributed by atoms with Crippen LogP contribution in [0, 0.1) is 0 Å². The van der Waals surface area contributed by atoms with E-state index in [1.54, 1.807) is 0 Å². The Balaban J connectivity index is 1.58. The van der Waals surface area contributed by atoms with Gasteiger partial charge in [-0.15, -0.1) is 0 Å². The van der Waals surface area contributed by atoms with E-state index in [4.69, 9.17) is 13.9 Å². The molecule has 1 aromatic heterocycles. The van der Waals surface area contributed by atoms with Crippen molar-refractivity contribution in [2.75, 3.05) is 19.8 Å². The number of ether oxygens (including phenoxy) is 2. The van der Waals surface area contributed by atoms with Crippen molar-refractivity contribution in [2.45, 2.75) is 65.3 Å². The van der Waals surface area contributed by atoms with E-state index in [1.807, 2.05) is 19.1 Å². The summed E-state index contributed by atoms with van der Waals surface area (Å²) in [7, 11) is 0. The molecule has 0 bridgehead atoms. The number of carbonyl (C=O) groups excluding carboxylic acids is 1. The molecule has 1 fully saturated rings. The quantitative estimate of drug-likeness (QED) is 0.602. The first kappa shape index (κ1) is 22.3. The number of carbonyl (C=O) groups is 1. The van der Waals surface area contributed by atoms with Gasteiger partial charge in [0.1, 0.15) is 12.0 Å². The Bertz CT molecular complexity index is 784. The lowest BCUT2D eigenvalue weighted by molar-refractivity contribution is 0.0853. The highest BCUT2D eigenvalue weighted by Gasteiger charge is 2.20. The van der Waals surface area contributed by atoms with Crippen molar-refractivity contribution in [1.82, 2.24) is 15.2 Å². The summed E-state index contributed by atoms with van der Waals surface area (Å²) < 4.78 is 16.7. The van der Waals surface area contributed by atoms with Gasteiger partial charge in [0.05, 0.1) is 19.3 Å². The highest BCUT2D eigenvalue weighted by Crippen LogP contribution is 2.18. The van der Waals surface area contributed by atoms with Crippen LogP contribution in [-0.4, -0.2) is 47.7 Å². The molecule has 1 aromatic carbocycles. The molecule has 2 aromatic rings. The largest absolute Gasteiger partial charge is 0.494 e. The summed E-state index contributed by atoms with van der Waals surface area (Å²) in [4.78, 5) is 19.1. The number of benzene rings is 1. The maximum atomic E-state index is 12.4. The zero-order valence-electron chi connectivity index (χ0n) is 18.2. The van der Waals surface area contributed by atoms with E-state index < -0.39 is 0 Å². The third kappa shape index (κ3) is 6.31. The Kier molecular flexibility index (Phi) is 8.28. The first-order chi connectivity index (χ1) is 14.6. The van der Waals surface area contributed by atoms with Crippen LogP contribution in [0.1, 0.15) is 62.0 Å². The molecule has 0 aliphatic carbocycles. The van der Waals surface area contributed by atoms with Crippen molar-refractivity contribution in [1.29, 1.82) is 0 Å². The van der Waals surface area contributed by atoms with Crippen LogP contribution in [-0.2, 0) is 17.8 Å². The molecule has 30 heavy (non-hydrogen) atoms. The molecule has 1 amide bonds. The fraction of sp³-hybridized carbons (Fsp3) is 0.565. The summed E-state index contributed by atoms with van der Waals surface area (Å²) in [6.07, 6.45) is 4.59. The third-order valence-electron chi connectivity index (χ3n) is 5.47. The number of amides is 1. The van der Waals surface area contributed by atoms with Gasteiger partial charge < -0.3 is 19.2 Å². The lowest BCUT2D eigenvalue weighted by atomic mass is 10.1. The van der Waals surface area contributed by atoms with Gasteiger partial charge in [-0.3, -0.25) is 9.69 Å². The number of hydrogen-bond donors (Lipinski definition) is 1. The lowest BCUT2D eigenvalue weighted by Gasteiger charge is -2.27. The monoisotopic (exact) mass is 415 g/mol. The molecule has 0 radical (unpaired) electrons. The normalized spacial score (nSPS) is 17.3.